The van der Waals surface area contributed by atoms with E-state index in [1.165, 1.54) is 18.2 Å². The van der Waals surface area contributed by atoms with E-state index in [9.17, 15) is 14.9 Å². The van der Waals surface area contributed by atoms with Gasteiger partial charge in [0.25, 0.3) is 11.6 Å². The Morgan fingerprint density at radius 2 is 1.85 bits per heavy atom. The van der Waals surface area contributed by atoms with Gasteiger partial charge in [0.05, 0.1) is 29.7 Å². The second kappa shape index (κ2) is 8.53. The first kappa shape index (κ1) is 19.5. The summed E-state index contributed by atoms with van der Waals surface area (Å²) in [6.45, 7) is 2.63. The summed E-state index contributed by atoms with van der Waals surface area (Å²) in [5, 5.41) is 10.9. The number of carbonyl (C=O) groups excluding carboxylic acids is 1. The van der Waals surface area contributed by atoms with Gasteiger partial charge in [-0.05, 0) is 30.7 Å². The lowest BCUT2D eigenvalue weighted by molar-refractivity contribution is -0.384. The van der Waals surface area contributed by atoms with Crippen LogP contribution in [0.5, 0.6) is 11.5 Å². The molecule has 0 fully saturated rings. The lowest BCUT2D eigenvalue weighted by Gasteiger charge is -2.22. The summed E-state index contributed by atoms with van der Waals surface area (Å²) >= 11 is 6.07. The van der Waals surface area contributed by atoms with Crippen LogP contribution in [0.3, 0.4) is 0 Å². The maximum Gasteiger partial charge on any atom is 0.270 e. The Bertz CT molecular complexity index is 825. The minimum atomic E-state index is -0.554. The molecule has 0 aliphatic heterocycles. The van der Waals surface area contributed by atoms with Crippen LogP contribution < -0.4 is 9.47 Å². The van der Waals surface area contributed by atoms with E-state index >= 15 is 0 Å². The van der Waals surface area contributed by atoms with Crippen LogP contribution >= 0.6 is 11.6 Å². The summed E-state index contributed by atoms with van der Waals surface area (Å²) in [6.07, 6.45) is 0. The molecular weight excluding hydrogens is 360 g/mol. The summed E-state index contributed by atoms with van der Waals surface area (Å²) in [7, 11) is 3.09. The molecule has 0 unspecified atom stereocenters. The van der Waals surface area contributed by atoms with Gasteiger partial charge in [0.15, 0.2) is 11.5 Å². The minimum absolute atomic E-state index is 0.0509. The van der Waals surface area contributed by atoms with E-state index in [0.29, 0.717) is 24.6 Å². The predicted octanol–water partition coefficient (Wildman–Crippen LogP) is 3.93. The maximum absolute atomic E-state index is 12.8. The van der Waals surface area contributed by atoms with E-state index in [0.717, 1.165) is 5.56 Å². The molecule has 138 valence electrons. The van der Waals surface area contributed by atoms with Gasteiger partial charge in [-0.15, -0.1) is 0 Å². The van der Waals surface area contributed by atoms with Gasteiger partial charge in [0.1, 0.15) is 0 Å². The number of hydrogen-bond acceptors (Lipinski definition) is 5. The van der Waals surface area contributed by atoms with Crippen LogP contribution in [0.25, 0.3) is 0 Å². The molecule has 0 heterocycles. The lowest BCUT2D eigenvalue weighted by atomic mass is 10.1. The van der Waals surface area contributed by atoms with Gasteiger partial charge in [0, 0.05) is 25.2 Å². The fraction of sp³-hybridized carbons (Fsp3) is 0.278. The summed E-state index contributed by atoms with van der Waals surface area (Å²) in [4.78, 5) is 24.6. The largest absolute Gasteiger partial charge is 0.493 e. The molecule has 0 saturated carbocycles. The average molecular weight is 379 g/mol. The topological polar surface area (TPSA) is 81.9 Å². The molecule has 0 aromatic heterocycles. The maximum atomic E-state index is 12.8. The third kappa shape index (κ3) is 4.23. The first-order valence-electron chi connectivity index (χ1n) is 7.85. The van der Waals surface area contributed by atoms with Gasteiger partial charge in [-0.2, -0.15) is 0 Å². The number of rotatable bonds is 7. The molecule has 1 amide bonds. The Morgan fingerprint density at radius 3 is 2.38 bits per heavy atom. The third-order valence-electron chi connectivity index (χ3n) is 3.88. The van der Waals surface area contributed by atoms with E-state index in [2.05, 4.69) is 0 Å². The van der Waals surface area contributed by atoms with Gasteiger partial charge >= 0.3 is 0 Å². The normalized spacial score (nSPS) is 10.3. The Morgan fingerprint density at radius 1 is 1.15 bits per heavy atom. The van der Waals surface area contributed by atoms with Gasteiger partial charge in [-0.25, -0.2) is 0 Å². The summed E-state index contributed by atoms with van der Waals surface area (Å²) < 4.78 is 10.5. The molecule has 0 atom stereocenters. The SMILES string of the molecule is CCN(Cc1ccc(OC)c(OC)c1)C(=O)c1ccc([N+](=O)[O-])cc1Cl. The van der Waals surface area contributed by atoms with Crippen molar-refractivity contribution in [2.75, 3.05) is 20.8 Å². The molecule has 0 aliphatic carbocycles. The van der Waals surface area contributed by atoms with E-state index in [-0.39, 0.29) is 22.2 Å². The second-order valence-corrected chi connectivity index (χ2v) is 5.84. The van der Waals surface area contributed by atoms with E-state index in [1.54, 1.807) is 31.3 Å². The molecule has 7 nitrogen and oxygen atoms in total. The molecular formula is C18H19ClN2O5. The number of nitrogens with zero attached hydrogens (tertiary/aromatic N) is 2. The van der Waals surface area contributed by atoms with Crippen LogP contribution in [0.1, 0.15) is 22.8 Å². The third-order valence-corrected chi connectivity index (χ3v) is 4.20. The van der Waals surface area contributed by atoms with Gasteiger partial charge in [-0.1, -0.05) is 17.7 Å². The van der Waals surface area contributed by atoms with Crippen molar-refractivity contribution in [2.45, 2.75) is 13.5 Å². The zero-order chi connectivity index (χ0) is 19.3. The number of carbonyl (C=O) groups is 1. The zero-order valence-electron chi connectivity index (χ0n) is 14.7. The monoisotopic (exact) mass is 378 g/mol. The highest BCUT2D eigenvalue weighted by Gasteiger charge is 2.20. The number of methoxy groups -OCH3 is 2. The summed E-state index contributed by atoms with van der Waals surface area (Å²) in [6, 6.07) is 9.23. The number of hydrogen-bond donors (Lipinski definition) is 0. The van der Waals surface area contributed by atoms with Crippen molar-refractivity contribution >= 4 is 23.2 Å². The molecule has 0 spiro atoms. The van der Waals surface area contributed by atoms with E-state index in [4.69, 9.17) is 21.1 Å². The average Bonchev–Trinajstić information content (AvgIpc) is 2.65. The van der Waals surface area contributed by atoms with Gasteiger partial charge in [-0.3, -0.25) is 14.9 Å². The summed E-state index contributed by atoms with van der Waals surface area (Å²) in [5.74, 6) is 0.869. The van der Waals surface area contributed by atoms with Crippen LogP contribution in [-0.4, -0.2) is 36.5 Å². The highest BCUT2D eigenvalue weighted by molar-refractivity contribution is 6.34. The molecule has 2 rings (SSSR count). The van der Waals surface area contributed by atoms with Crippen molar-refractivity contribution in [3.8, 4) is 11.5 Å². The van der Waals surface area contributed by atoms with Crippen molar-refractivity contribution in [3.05, 3.63) is 62.7 Å². The van der Waals surface area contributed by atoms with Crippen molar-refractivity contribution in [1.82, 2.24) is 4.90 Å². The van der Waals surface area contributed by atoms with Gasteiger partial charge < -0.3 is 14.4 Å². The number of non-ortho nitro benzene ring substituents is 1. The number of ether oxygens (including phenoxy) is 2. The molecule has 8 heteroatoms. The van der Waals surface area contributed by atoms with Crippen LogP contribution in [0.15, 0.2) is 36.4 Å². The fourth-order valence-electron chi connectivity index (χ4n) is 2.49. The molecule has 0 bridgehead atoms. The number of nitro benzene ring substituents is 1. The van der Waals surface area contributed by atoms with Gasteiger partial charge in [0.2, 0.25) is 0 Å². The van der Waals surface area contributed by atoms with E-state index in [1.807, 2.05) is 13.0 Å². The fourth-order valence-corrected chi connectivity index (χ4v) is 2.74. The Hall–Kier alpha value is -2.80. The Kier molecular flexibility index (Phi) is 6.41. The Labute approximate surface area is 156 Å². The number of nitro groups is 1. The first-order chi connectivity index (χ1) is 12.4. The van der Waals surface area contributed by atoms with Crippen molar-refractivity contribution < 1.29 is 19.2 Å². The smallest absolute Gasteiger partial charge is 0.270 e. The molecule has 0 aliphatic rings. The van der Waals surface area contributed by atoms with Crippen LogP contribution in [0, 0.1) is 10.1 Å². The van der Waals surface area contributed by atoms with Crippen LogP contribution in [-0.2, 0) is 6.54 Å². The molecule has 0 radical (unpaired) electrons. The molecule has 2 aromatic carbocycles. The first-order valence-corrected chi connectivity index (χ1v) is 8.23. The van der Waals surface area contributed by atoms with Crippen molar-refractivity contribution in [2.24, 2.45) is 0 Å². The quantitative estimate of drug-likeness (QED) is 0.538. The summed E-state index contributed by atoms with van der Waals surface area (Å²) in [5.41, 5.74) is 0.921. The zero-order valence-corrected chi connectivity index (χ0v) is 15.4. The second-order valence-electron chi connectivity index (χ2n) is 5.43. The number of benzene rings is 2. The molecule has 2 aromatic rings. The predicted molar refractivity (Wildman–Crippen MR) is 98.1 cm³/mol. The standard InChI is InChI=1S/C18H19ClN2O5/c1-4-20(11-12-5-8-16(25-2)17(9-12)26-3)18(22)14-7-6-13(21(23)24)10-15(14)19/h5-10H,4,11H2,1-3H3. The number of halogens is 1. The van der Waals surface area contributed by atoms with Crippen molar-refractivity contribution in [1.29, 1.82) is 0 Å². The highest BCUT2D eigenvalue weighted by atomic mass is 35.5. The van der Waals surface area contributed by atoms with Crippen LogP contribution in [0.2, 0.25) is 5.02 Å². The minimum Gasteiger partial charge on any atom is -0.493 e. The van der Waals surface area contributed by atoms with Crippen LogP contribution in [0.4, 0.5) is 5.69 Å². The molecule has 0 N–H and O–H groups in total. The van der Waals surface area contributed by atoms with Crippen molar-refractivity contribution in [3.63, 3.8) is 0 Å². The molecule has 26 heavy (non-hydrogen) atoms. The lowest BCUT2D eigenvalue weighted by Crippen LogP contribution is -2.30. The number of amides is 1. The Balaban J connectivity index is 2.25. The van der Waals surface area contributed by atoms with E-state index < -0.39 is 4.92 Å². The highest BCUT2D eigenvalue weighted by Crippen LogP contribution is 2.29. The molecule has 0 saturated heterocycles.